The van der Waals surface area contributed by atoms with Gasteiger partial charge in [0.15, 0.2) is 5.03 Å². The van der Waals surface area contributed by atoms with Gasteiger partial charge in [-0.15, -0.1) is 0 Å². The standard InChI is InChI=1S/C12H9N5O2S/c1-8-11(7-14)12(20(15,18)19)17(16-8)10-4-2-3-9(5-10)6-13/h2-5H,1H3,(H2,15,18,19). The van der Waals surface area contributed by atoms with Crippen LogP contribution in [0.1, 0.15) is 16.8 Å². The predicted octanol–water partition coefficient (Wildman–Crippen LogP) is 0.571. The van der Waals surface area contributed by atoms with Gasteiger partial charge in [-0.25, -0.2) is 18.2 Å². The molecule has 0 aliphatic carbocycles. The Morgan fingerprint density at radius 2 is 2.00 bits per heavy atom. The Bertz CT molecular complexity index is 868. The largest absolute Gasteiger partial charge is 0.257 e. The van der Waals surface area contributed by atoms with Crippen LogP contribution in [0.5, 0.6) is 0 Å². The number of nitrogens with zero attached hydrogens (tertiary/aromatic N) is 4. The molecule has 0 fully saturated rings. The monoisotopic (exact) mass is 287 g/mol. The molecule has 0 unspecified atom stereocenters. The number of nitrogens with two attached hydrogens (primary N) is 1. The number of sulfonamides is 1. The molecule has 0 saturated carbocycles. The van der Waals surface area contributed by atoms with Crippen molar-refractivity contribution in [2.45, 2.75) is 11.9 Å². The van der Waals surface area contributed by atoms with E-state index in [4.69, 9.17) is 15.7 Å². The van der Waals surface area contributed by atoms with Crippen molar-refractivity contribution in [2.75, 3.05) is 0 Å². The van der Waals surface area contributed by atoms with Crippen LogP contribution < -0.4 is 5.14 Å². The first-order chi connectivity index (χ1) is 9.38. The second kappa shape index (κ2) is 4.78. The summed E-state index contributed by atoms with van der Waals surface area (Å²) in [5.74, 6) is 0. The SMILES string of the molecule is Cc1nn(-c2cccc(C#N)c2)c(S(N)(=O)=O)c1C#N. The van der Waals surface area contributed by atoms with Gasteiger partial charge >= 0.3 is 0 Å². The first-order valence-corrected chi connectivity index (χ1v) is 6.96. The van der Waals surface area contributed by atoms with E-state index >= 15 is 0 Å². The number of aromatic nitrogens is 2. The van der Waals surface area contributed by atoms with Crippen molar-refractivity contribution in [3.63, 3.8) is 0 Å². The Morgan fingerprint density at radius 3 is 2.55 bits per heavy atom. The van der Waals surface area contributed by atoms with Crippen molar-refractivity contribution >= 4 is 10.0 Å². The van der Waals surface area contributed by atoms with Gasteiger partial charge in [0.05, 0.1) is 23.0 Å². The third kappa shape index (κ3) is 2.26. The summed E-state index contributed by atoms with van der Waals surface area (Å²) in [6, 6.07) is 9.92. The van der Waals surface area contributed by atoms with Gasteiger partial charge in [-0.1, -0.05) is 6.07 Å². The molecule has 0 saturated heterocycles. The molecule has 0 amide bonds. The summed E-state index contributed by atoms with van der Waals surface area (Å²) in [7, 11) is -4.13. The van der Waals surface area contributed by atoms with E-state index in [1.807, 2.05) is 6.07 Å². The average molecular weight is 287 g/mol. The summed E-state index contributed by atoms with van der Waals surface area (Å²) in [5, 5.41) is 26.7. The summed E-state index contributed by atoms with van der Waals surface area (Å²) in [5.41, 5.74) is 0.834. The number of primary sulfonamides is 1. The van der Waals surface area contributed by atoms with E-state index in [1.165, 1.54) is 13.0 Å². The molecule has 1 aromatic heterocycles. The summed E-state index contributed by atoms with van der Waals surface area (Å²) < 4.78 is 24.4. The van der Waals surface area contributed by atoms with Crippen LogP contribution in [0.2, 0.25) is 0 Å². The van der Waals surface area contributed by atoms with Crippen LogP contribution in [0, 0.1) is 29.6 Å². The van der Waals surface area contributed by atoms with Gasteiger partial charge in [-0.05, 0) is 25.1 Å². The molecule has 0 aliphatic rings. The van der Waals surface area contributed by atoms with Gasteiger partial charge in [-0.3, -0.25) is 0 Å². The summed E-state index contributed by atoms with van der Waals surface area (Å²) in [6.45, 7) is 1.51. The first-order valence-electron chi connectivity index (χ1n) is 5.41. The average Bonchev–Trinajstić information content (AvgIpc) is 2.75. The quantitative estimate of drug-likeness (QED) is 0.864. The molecule has 7 nitrogen and oxygen atoms in total. The van der Waals surface area contributed by atoms with Crippen molar-refractivity contribution in [1.82, 2.24) is 9.78 Å². The number of rotatable bonds is 2. The number of nitriles is 2. The lowest BCUT2D eigenvalue weighted by atomic mass is 10.2. The lowest BCUT2D eigenvalue weighted by molar-refractivity contribution is 0.587. The van der Waals surface area contributed by atoms with Crippen LogP contribution in [-0.2, 0) is 10.0 Å². The highest BCUT2D eigenvalue weighted by molar-refractivity contribution is 7.89. The van der Waals surface area contributed by atoms with E-state index in [1.54, 1.807) is 24.3 Å². The second-order valence-corrected chi connectivity index (χ2v) is 5.47. The fourth-order valence-corrected chi connectivity index (χ4v) is 2.64. The molecular formula is C12H9N5O2S. The molecule has 0 atom stereocenters. The molecule has 0 spiro atoms. The predicted molar refractivity (Wildman–Crippen MR) is 69.1 cm³/mol. The van der Waals surface area contributed by atoms with Gasteiger partial charge in [0.25, 0.3) is 10.0 Å². The molecule has 1 aromatic carbocycles. The minimum absolute atomic E-state index is 0.102. The van der Waals surface area contributed by atoms with Crippen molar-refractivity contribution < 1.29 is 8.42 Å². The van der Waals surface area contributed by atoms with Crippen LogP contribution in [0.15, 0.2) is 29.3 Å². The molecule has 20 heavy (non-hydrogen) atoms. The van der Waals surface area contributed by atoms with Crippen molar-refractivity contribution in [1.29, 1.82) is 10.5 Å². The third-order valence-corrected chi connectivity index (χ3v) is 3.54. The zero-order valence-corrected chi connectivity index (χ0v) is 11.2. The number of benzene rings is 1. The van der Waals surface area contributed by atoms with Crippen LogP contribution in [0.4, 0.5) is 0 Å². The maximum Gasteiger partial charge on any atom is 0.257 e. The lowest BCUT2D eigenvalue weighted by Crippen LogP contribution is -2.18. The highest BCUT2D eigenvalue weighted by atomic mass is 32.2. The summed E-state index contributed by atoms with van der Waals surface area (Å²) in [4.78, 5) is 0. The lowest BCUT2D eigenvalue weighted by Gasteiger charge is -2.06. The van der Waals surface area contributed by atoms with Crippen LogP contribution in [0.3, 0.4) is 0 Å². The molecule has 100 valence electrons. The molecule has 2 N–H and O–H groups in total. The van der Waals surface area contributed by atoms with E-state index in [9.17, 15) is 8.42 Å². The minimum Gasteiger partial charge on any atom is -0.223 e. The van der Waals surface area contributed by atoms with Gasteiger partial charge < -0.3 is 0 Å². The molecule has 1 heterocycles. The van der Waals surface area contributed by atoms with Crippen molar-refractivity contribution in [3.05, 3.63) is 41.1 Å². The van der Waals surface area contributed by atoms with E-state index < -0.39 is 10.0 Å². The van der Waals surface area contributed by atoms with Gasteiger partial charge in [0.1, 0.15) is 11.6 Å². The summed E-state index contributed by atoms with van der Waals surface area (Å²) >= 11 is 0. The Balaban J connectivity index is 2.83. The number of aryl methyl sites for hydroxylation is 1. The van der Waals surface area contributed by atoms with Gasteiger partial charge in [0.2, 0.25) is 0 Å². The van der Waals surface area contributed by atoms with Crippen molar-refractivity contribution in [2.24, 2.45) is 5.14 Å². The Hall–Kier alpha value is -2.68. The first kappa shape index (κ1) is 13.7. The van der Waals surface area contributed by atoms with E-state index in [2.05, 4.69) is 5.10 Å². The molecule has 8 heteroatoms. The third-order valence-electron chi connectivity index (χ3n) is 2.62. The van der Waals surface area contributed by atoms with E-state index in [-0.39, 0.29) is 16.3 Å². The van der Waals surface area contributed by atoms with Crippen LogP contribution in [-0.4, -0.2) is 18.2 Å². The Kier molecular flexibility index (Phi) is 3.28. The molecule has 2 aromatic rings. The Morgan fingerprint density at radius 1 is 1.30 bits per heavy atom. The zero-order chi connectivity index (χ0) is 14.9. The highest BCUT2D eigenvalue weighted by Gasteiger charge is 2.25. The topological polar surface area (TPSA) is 126 Å². The molecule has 0 radical (unpaired) electrons. The van der Waals surface area contributed by atoms with Crippen LogP contribution in [0.25, 0.3) is 5.69 Å². The van der Waals surface area contributed by atoms with Crippen LogP contribution >= 0.6 is 0 Å². The Labute approximate surface area is 115 Å². The maximum atomic E-state index is 11.7. The summed E-state index contributed by atoms with van der Waals surface area (Å²) in [6.07, 6.45) is 0. The van der Waals surface area contributed by atoms with Gasteiger partial charge in [0, 0.05) is 0 Å². The normalized spacial score (nSPS) is 10.8. The molecule has 0 bridgehead atoms. The number of hydrogen-bond donors (Lipinski definition) is 1. The van der Waals surface area contributed by atoms with Gasteiger partial charge in [-0.2, -0.15) is 15.6 Å². The van der Waals surface area contributed by atoms with E-state index in [0.717, 1.165) is 4.68 Å². The molecule has 0 aliphatic heterocycles. The van der Waals surface area contributed by atoms with Crippen molar-refractivity contribution in [3.8, 4) is 17.8 Å². The maximum absolute atomic E-state index is 11.7. The molecule has 2 rings (SSSR count). The fourth-order valence-electron chi connectivity index (χ4n) is 1.78. The van der Waals surface area contributed by atoms with E-state index in [0.29, 0.717) is 11.3 Å². The number of hydrogen-bond acceptors (Lipinski definition) is 5. The zero-order valence-electron chi connectivity index (χ0n) is 10.4. The highest BCUT2D eigenvalue weighted by Crippen LogP contribution is 2.22. The smallest absolute Gasteiger partial charge is 0.223 e. The minimum atomic E-state index is -4.13. The molecular weight excluding hydrogens is 278 g/mol. The second-order valence-electron chi connectivity index (χ2n) is 4.00. The fraction of sp³-hybridized carbons (Fsp3) is 0.0833.